The third-order valence-corrected chi connectivity index (χ3v) is 6.38. The van der Waals surface area contributed by atoms with E-state index >= 15 is 0 Å². The lowest BCUT2D eigenvalue weighted by Crippen LogP contribution is -2.35. The number of hydrogen-bond donors (Lipinski definition) is 1. The second-order valence-electron chi connectivity index (χ2n) is 7.36. The third-order valence-electron chi connectivity index (χ3n) is 5.36. The maximum Gasteiger partial charge on any atom is 0.416 e. The van der Waals surface area contributed by atoms with E-state index in [2.05, 4.69) is 5.32 Å². The summed E-state index contributed by atoms with van der Waals surface area (Å²) in [6.07, 6.45) is -3.72. The van der Waals surface area contributed by atoms with Crippen LogP contribution in [0.5, 0.6) is 0 Å². The minimum atomic E-state index is -4.53. The Kier molecular flexibility index (Phi) is 5.58. The van der Waals surface area contributed by atoms with Crippen molar-refractivity contribution in [3.8, 4) is 0 Å². The summed E-state index contributed by atoms with van der Waals surface area (Å²) < 4.78 is 38.8. The van der Waals surface area contributed by atoms with Crippen LogP contribution in [0, 0.1) is 6.92 Å². The van der Waals surface area contributed by atoms with Gasteiger partial charge in [-0.3, -0.25) is 9.59 Å². The normalized spacial score (nSPS) is 13.6. The Bertz CT molecular complexity index is 1150. The number of anilines is 1. The predicted octanol–water partition coefficient (Wildman–Crippen LogP) is 5.53. The zero-order valence-corrected chi connectivity index (χ0v) is 17.4. The van der Waals surface area contributed by atoms with E-state index in [9.17, 15) is 22.8 Å². The first-order valence-electron chi connectivity index (χ1n) is 9.67. The van der Waals surface area contributed by atoms with Crippen molar-refractivity contribution >= 4 is 28.8 Å². The molecule has 0 atom stereocenters. The SMILES string of the molecule is Cc1c(NC(=O)c2cccc(C(F)(F)F)c2)cccc1C(=O)N1CCc2sccc2C1. The van der Waals surface area contributed by atoms with E-state index in [0.29, 0.717) is 29.9 Å². The van der Waals surface area contributed by atoms with Crippen LogP contribution < -0.4 is 5.32 Å². The molecule has 0 radical (unpaired) electrons. The average molecular weight is 444 g/mol. The summed E-state index contributed by atoms with van der Waals surface area (Å²) in [5, 5.41) is 4.66. The summed E-state index contributed by atoms with van der Waals surface area (Å²) in [7, 11) is 0. The predicted molar refractivity (Wildman–Crippen MR) is 113 cm³/mol. The summed E-state index contributed by atoms with van der Waals surface area (Å²) in [6, 6.07) is 11.2. The number of benzene rings is 2. The van der Waals surface area contributed by atoms with Crippen molar-refractivity contribution in [2.75, 3.05) is 11.9 Å². The quantitative estimate of drug-likeness (QED) is 0.578. The van der Waals surface area contributed by atoms with E-state index in [1.807, 2.05) is 11.4 Å². The lowest BCUT2D eigenvalue weighted by Gasteiger charge is -2.28. The highest BCUT2D eigenvalue weighted by Gasteiger charge is 2.31. The third kappa shape index (κ3) is 4.34. The smallest absolute Gasteiger partial charge is 0.334 e. The van der Waals surface area contributed by atoms with E-state index in [4.69, 9.17) is 0 Å². The highest BCUT2D eigenvalue weighted by Crippen LogP contribution is 2.30. The van der Waals surface area contributed by atoms with Crippen LogP contribution in [0.2, 0.25) is 0 Å². The number of halogens is 3. The first-order chi connectivity index (χ1) is 14.7. The van der Waals surface area contributed by atoms with Gasteiger partial charge in [0.2, 0.25) is 0 Å². The summed E-state index contributed by atoms with van der Waals surface area (Å²) >= 11 is 1.69. The fourth-order valence-electron chi connectivity index (χ4n) is 3.63. The van der Waals surface area contributed by atoms with Gasteiger partial charge in [0, 0.05) is 34.8 Å². The van der Waals surface area contributed by atoms with Gasteiger partial charge in [0.1, 0.15) is 0 Å². The molecule has 8 heteroatoms. The molecule has 3 aromatic rings. The molecule has 2 heterocycles. The van der Waals surface area contributed by atoms with E-state index in [1.54, 1.807) is 41.4 Å². The van der Waals surface area contributed by atoms with Gasteiger partial charge in [-0.1, -0.05) is 12.1 Å². The summed E-state index contributed by atoms with van der Waals surface area (Å²) in [5.41, 5.74) is 1.58. The summed E-state index contributed by atoms with van der Waals surface area (Å²) in [4.78, 5) is 28.7. The largest absolute Gasteiger partial charge is 0.416 e. The van der Waals surface area contributed by atoms with E-state index < -0.39 is 17.6 Å². The van der Waals surface area contributed by atoms with Crippen LogP contribution in [0.3, 0.4) is 0 Å². The van der Waals surface area contributed by atoms with Crippen LogP contribution in [0.4, 0.5) is 18.9 Å². The Balaban J connectivity index is 1.54. The highest BCUT2D eigenvalue weighted by atomic mass is 32.1. The second-order valence-corrected chi connectivity index (χ2v) is 8.36. The molecule has 0 unspecified atom stereocenters. The lowest BCUT2D eigenvalue weighted by molar-refractivity contribution is -0.137. The number of rotatable bonds is 3. The van der Waals surface area contributed by atoms with Crippen molar-refractivity contribution in [1.82, 2.24) is 4.90 Å². The molecule has 1 aromatic heterocycles. The first kappa shape index (κ1) is 21.1. The molecule has 0 bridgehead atoms. The Morgan fingerprint density at radius 2 is 1.87 bits per heavy atom. The molecule has 0 saturated carbocycles. The molecule has 0 spiro atoms. The highest BCUT2D eigenvalue weighted by molar-refractivity contribution is 7.10. The molecule has 2 aromatic carbocycles. The molecule has 4 rings (SSSR count). The minimum absolute atomic E-state index is 0.105. The maximum absolute atomic E-state index is 13.1. The number of thiophene rings is 1. The second kappa shape index (κ2) is 8.19. The molecule has 1 aliphatic heterocycles. The van der Waals surface area contributed by atoms with Gasteiger partial charge in [-0.25, -0.2) is 0 Å². The van der Waals surface area contributed by atoms with Gasteiger partial charge < -0.3 is 10.2 Å². The van der Waals surface area contributed by atoms with Crippen molar-refractivity contribution in [3.05, 3.63) is 86.6 Å². The van der Waals surface area contributed by atoms with Gasteiger partial charge >= 0.3 is 6.18 Å². The van der Waals surface area contributed by atoms with Crippen molar-refractivity contribution in [2.24, 2.45) is 0 Å². The molecule has 1 N–H and O–H groups in total. The van der Waals surface area contributed by atoms with Crippen molar-refractivity contribution < 1.29 is 22.8 Å². The lowest BCUT2D eigenvalue weighted by atomic mass is 10.0. The van der Waals surface area contributed by atoms with Gasteiger partial charge in [0.05, 0.1) is 5.56 Å². The number of nitrogens with one attached hydrogen (secondary N) is 1. The molecule has 4 nitrogen and oxygen atoms in total. The van der Waals surface area contributed by atoms with E-state index in [0.717, 1.165) is 24.1 Å². The number of carbonyl (C=O) groups is 2. The maximum atomic E-state index is 13.1. The molecule has 31 heavy (non-hydrogen) atoms. The van der Waals surface area contributed by atoms with Crippen LogP contribution >= 0.6 is 11.3 Å². The van der Waals surface area contributed by atoms with Gasteiger partial charge in [-0.2, -0.15) is 13.2 Å². The molecular weight excluding hydrogens is 425 g/mol. The fraction of sp³-hybridized carbons (Fsp3) is 0.217. The zero-order chi connectivity index (χ0) is 22.2. The van der Waals surface area contributed by atoms with Gasteiger partial charge in [0.15, 0.2) is 0 Å². The Morgan fingerprint density at radius 3 is 2.65 bits per heavy atom. The van der Waals surface area contributed by atoms with Gasteiger partial charge in [-0.15, -0.1) is 11.3 Å². The number of alkyl halides is 3. The number of fused-ring (bicyclic) bond motifs is 1. The average Bonchev–Trinajstić information content (AvgIpc) is 3.22. The molecule has 1 aliphatic rings. The molecule has 0 aliphatic carbocycles. The topological polar surface area (TPSA) is 49.4 Å². The Labute approximate surface area is 181 Å². The number of amides is 2. The number of carbonyl (C=O) groups excluding carboxylic acids is 2. The van der Waals surface area contributed by atoms with Crippen molar-refractivity contribution in [1.29, 1.82) is 0 Å². The molecule has 0 saturated heterocycles. The summed E-state index contributed by atoms with van der Waals surface area (Å²) in [6.45, 7) is 2.87. The van der Waals surface area contributed by atoms with Crippen LogP contribution in [0.15, 0.2) is 53.9 Å². The molecule has 2 amide bonds. The monoisotopic (exact) mass is 444 g/mol. The van der Waals surface area contributed by atoms with Crippen molar-refractivity contribution in [2.45, 2.75) is 26.1 Å². The van der Waals surface area contributed by atoms with Gasteiger partial charge in [0.25, 0.3) is 11.8 Å². The van der Waals surface area contributed by atoms with Crippen LogP contribution in [0.1, 0.15) is 42.3 Å². The van der Waals surface area contributed by atoms with Gasteiger partial charge in [-0.05, 0) is 66.2 Å². The first-order valence-corrected chi connectivity index (χ1v) is 10.5. The van der Waals surface area contributed by atoms with E-state index in [1.165, 1.54) is 17.0 Å². The molecule has 0 fully saturated rings. The number of nitrogens with zero attached hydrogens (tertiary/aromatic N) is 1. The molecular formula is C23H19F3N2O2S. The van der Waals surface area contributed by atoms with Crippen LogP contribution in [-0.4, -0.2) is 23.3 Å². The van der Waals surface area contributed by atoms with Crippen molar-refractivity contribution in [3.63, 3.8) is 0 Å². The minimum Gasteiger partial charge on any atom is -0.334 e. The zero-order valence-electron chi connectivity index (χ0n) is 16.6. The Morgan fingerprint density at radius 1 is 1.10 bits per heavy atom. The Hall–Kier alpha value is -3.13. The van der Waals surface area contributed by atoms with E-state index in [-0.39, 0.29) is 11.5 Å². The standard InChI is InChI=1S/C23H19F3N2O2S/c1-14-18(22(30)28-10-8-20-16(13-28)9-11-31-20)6-3-7-19(14)27-21(29)15-4-2-5-17(12-15)23(24,25)26/h2-7,9,11-12H,8,10,13H2,1H3,(H,27,29). The van der Waals surface area contributed by atoms with Crippen LogP contribution in [-0.2, 0) is 19.1 Å². The molecule has 160 valence electrons. The summed E-state index contributed by atoms with van der Waals surface area (Å²) in [5.74, 6) is -0.802. The van der Waals surface area contributed by atoms with Crippen LogP contribution in [0.25, 0.3) is 0 Å². The number of hydrogen-bond acceptors (Lipinski definition) is 3. The fourth-order valence-corrected chi connectivity index (χ4v) is 4.52.